The van der Waals surface area contributed by atoms with Crippen molar-refractivity contribution >= 4 is 27.3 Å². The topological polar surface area (TPSA) is 21.3 Å². The molecule has 1 aliphatic rings. The Kier molecular flexibility index (Phi) is 5.87. The lowest BCUT2D eigenvalue weighted by molar-refractivity contribution is 0.0151. The Morgan fingerprint density at radius 2 is 2.11 bits per heavy atom. The fraction of sp³-hybridized carbons (Fsp3) is 0.733. The third-order valence-corrected chi connectivity index (χ3v) is 5.41. The summed E-state index contributed by atoms with van der Waals surface area (Å²) in [6.45, 7) is 8.58. The second kappa shape index (κ2) is 7.21. The molecule has 2 heterocycles. The molecule has 19 heavy (non-hydrogen) atoms. The summed E-state index contributed by atoms with van der Waals surface area (Å²) in [6, 6.07) is 4.42. The van der Waals surface area contributed by atoms with E-state index < -0.39 is 0 Å². The van der Waals surface area contributed by atoms with Crippen LogP contribution >= 0.6 is 27.3 Å². The lowest BCUT2D eigenvalue weighted by Gasteiger charge is -2.37. The first-order valence-corrected chi connectivity index (χ1v) is 8.73. The highest BCUT2D eigenvalue weighted by Crippen LogP contribution is 2.36. The van der Waals surface area contributed by atoms with Crippen molar-refractivity contribution in [3.63, 3.8) is 0 Å². The molecule has 2 nitrogen and oxygen atoms in total. The molecular weight excluding hydrogens is 322 g/mol. The van der Waals surface area contributed by atoms with Crippen LogP contribution in [0.2, 0.25) is 0 Å². The van der Waals surface area contributed by atoms with Gasteiger partial charge in [0.25, 0.3) is 0 Å². The van der Waals surface area contributed by atoms with Crippen molar-refractivity contribution in [1.82, 2.24) is 5.32 Å². The molecule has 1 aromatic heterocycles. The molecule has 1 N–H and O–H groups in total. The number of rotatable bonds is 6. The van der Waals surface area contributed by atoms with Crippen molar-refractivity contribution in [3.05, 3.63) is 20.8 Å². The van der Waals surface area contributed by atoms with E-state index in [2.05, 4.69) is 47.2 Å². The van der Waals surface area contributed by atoms with E-state index in [1.54, 1.807) is 0 Å². The lowest BCUT2D eigenvalue weighted by Crippen LogP contribution is -2.41. The molecule has 0 aliphatic carbocycles. The van der Waals surface area contributed by atoms with Gasteiger partial charge in [0, 0.05) is 24.6 Å². The van der Waals surface area contributed by atoms with Crippen molar-refractivity contribution in [2.45, 2.75) is 33.1 Å². The summed E-state index contributed by atoms with van der Waals surface area (Å²) in [6.07, 6.45) is 3.53. The number of halogens is 1. The Bertz CT molecular complexity index is 385. The maximum absolute atomic E-state index is 5.56. The highest BCUT2D eigenvalue weighted by atomic mass is 79.9. The van der Waals surface area contributed by atoms with Gasteiger partial charge in [-0.05, 0) is 65.2 Å². The molecule has 4 heteroatoms. The summed E-state index contributed by atoms with van der Waals surface area (Å²) < 4.78 is 6.80. The van der Waals surface area contributed by atoms with Crippen LogP contribution < -0.4 is 5.32 Å². The van der Waals surface area contributed by atoms with Gasteiger partial charge in [-0.2, -0.15) is 0 Å². The molecule has 2 rings (SSSR count). The monoisotopic (exact) mass is 345 g/mol. The molecule has 1 saturated heterocycles. The van der Waals surface area contributed by atoms with E-state index in [1.807, 2.05) is 11.3 Å². The molecule has 0 amide bonds. The van der Waals surface area contributed by atoms with Crippen molar-refractivity contribution in [3.8, 4) is 0 Å². The molecule has 0 radical (unpaired) electrons. The van der Waals surface area contributed by atoms with Gasteiger partial charge >= 0.3 is 0 Å². The van der Waals surface area contributed by atoms with Crippen LogP contribution in [0.4, 0.5) is 0 Å². The SMILES string of the molecule is CC(C)CNCC1(Cc2ccc(Br)s2)CCOCC1. The van der Waals surface area contributed by atoms with Crippen LogP contribution in [0, 0.1) is 11.3 Å². The van der Waals surface area contributed by atoms with E-state index in [1.165, 1.54) is 27.9 Å². The quantitative estimate of drug-likeness (QED) is 0.838. The molecule has 0 spiro atoms. The molecule has 0 unspecified atom stereocenters. The molecule has 1 aromatic rings. The second-order valence-corrected chi connectivity index (χ2v) is 8.57. The third kappa shape index (κ3) is 4.85. The predicted molar refractivity (Wildman–Crippen MR) is 85.9 cm³/mol. The second-order valence-electron chi connectivity index (χ2n) is 6.02. The molecule has 0 bridgehead atoms. The number of thiophene rings is 1. The summed E-state index contributed by atoms with van der Waals surface area (Å²) in [5.74, 6) is 0.716. The average molecular weight is 346 g/mol. The van der Waals surface area contributed by atoms with Gasteiger partial charge in [-0.3, -0.25) is 0 Å². The Hall–Kier alpha value is 0.1000. The summed E-state index contributed by atoms with van der Waals surface area (Å²) in [4.78, 5) is 1.49. The van der Waals surface area contributed by atoms with Crippen LogP contribution in [0.1, 0.15) is 31.6 Å². The molecule has 0 saturated carbocycles. The standard InChI is InChI=1S/C15H24BrNOS/c1-12(2)10-17-11-15(5-7-18-8-6-15)9-13-3-4-14(16)19-13/h3-4,12,17H,5-11H2,1-2H3. The van der Waals surface area contributed by atoms with Crippen molar-refractivity contribution in [1.29, 1.82) is 0 Å². The zero-order valence-corrected chi connectivity index (χ0v) is 14.3. The zero-order valence-electron chi connectivity index (χ0n) is 11.9. The summed E-state index contributed by atoms with van der Waals surface area (Å²) in [5.41, 5.74) is 0.386. The van der Waals surface area contributed by atoms with Gasteiger partial charge in [0.15, 0.2) is 0 Å². The lowest BCUT2D eigenvalue weighted by atomic mass is 9.76. The van der Waals surface area contributed by atoms with Gasteiger partial charge in [0.1, 0.15) is 0 Å². The van der Waals surface area contributed by atoms with Crippen LogP contribution in [0.3, 0.4) is 0 Å². The first-order chi connectivity index (χ1) is 9.10. The van der Waals surface area contributed by atoms with E-state index in [9.17, 15) is 0 Å². The van der Waals surface area contributed by atoms with Gasteiger partial charge < -0.3 is 10.1 Å². The predicted octanol–water partition coefficient (Wildman–Crippen LogP) is 4.10. The molecular formula is C15H24BrNOS. The van der Waals surface area contributed by atoms with Crippen LogP contribution in [-0.4, -0.2) is 26.3 Å². The van der Waals surface area contributed by atoms with Gasteiger partial charge in [0.2, 0.25) is 0 Å². The molecule has 1 aliphatic heterocycles. The number of nitrogens with one attached hydrogen (secondary N) is 1. The van der Waals surface area contributed by atoms with E-state index in [0.29, 0.717) is 11.3 Å². The average Bonchev–Trinajstić information content (AvgIpc) is 2.75. The van der Waals surface area contributed by atoms with Crippen LogP contribution in [0.15, 0.2) is 15.9 Å². The Balaban J connectivity index is 1.97. The minimum absolute atomic E-state index is 0.386. The van der Waals surface area contributed by atoms with Gasteiger partial charge in [-0.25, -0.2) is 0 Å². The van der Waals surface area contributed by atoms with E-state index in [0.717, 1.165) is 26.3 Å². The van der Waals surface area contributed by atoms with Crippen molar-refractivity contribution in [2.24, 2.45) is 11.3 Å². The number of hydrogen-bond acceptors (Lipinski definition) is 3. The van der Waals surface area contributed by atoms with E-state index in [-0.39, 0.29) is 0 Å². The first-order valence-electron chi connectivity index (χ1n) is 7.12. The number of hydrogen-bond donors (Lipinski definition) is 1. The third-order valence-electron chi connectivity index (χ3n) is 3.78. The molecule has 0 atom stereocenters. The number of ether oxygens (including phenoxy) is 1. The first kappa shape index (κ1) is 15.5. The van der Waals surface area contributed by atoms with Crippen LogP contribution in [-0.2, 0) is 11.2 Å². The van der Waals surface area contributed by atoms with Crippen LogP contribution in [0.5, 0.6) is 0 Å². The maximum atomic E-state index is 5.56. The normalized spacial score (nSPS) is 18.9. The zero-order chi connectivity index (χ0) is 13.7. The van der Waals surface area contributed by atoms with E-state index >= 15 is 0 Å². The Morgan fingerprint density at radius 3 is 2.68 bits per heavy atom. The smallest absolute Gasteiger partial charge is 0.0701 e. The Morgan fingerprint density at radius 1 is 1.37 bits per heavy atom. The molecule has 108 valence electrons. The largest absolute Gasteiger partial charge is 0.381 e. The molecule has 1 fully saturated rings. The molecule has 0 aromatic carbocycles. The Labute approximate surface area is 129 Å². The summed E-state index contributed by atoms with van der Waals surface area (Å²) >= 11 is 5.43. The highest BCUT2D eigenvalue weighted by Gasteiger charge is 2.32. The van der Waals surface area contributed by atoms with Gasteiger partial charge in [0.05, 0.1) is 3.79 Å². The van der Waals surface area contributed by atoms with Crippen molar-refractivity contribution in [2.75, 3.05) is 26.3 Å². The maximum Gasteiger partial charge on any atom is 0.0701 e. The summed E-state index contributed by atoms with van der Waals surface area (Å²) in [7, 11) is 0. The van der Waals surface area contributed by atoms with Crippen molar-refractivity contribution < 1.29 is 4.74 Å². The fourth-order valence-electron chi connectivity index (χ4n) is 2.66. The van der Waals surface area contributed by atoms with Gasteiger partial charge in [-0.1, -0.05) is 13.8 Å². The highest BCUT2D eigenvalue weighted by molar-refractivity contribution is 9.11. The minimum Gasteiger partial charge on any atom is -0.381 e. The minimum atomic E-state index is 0.386. The summed E-state index contributed by atoms with van der Waals surface area (Å²) in [5, 5.41) is 3.66. The fourth-order valence-corrected chi connectivity index (χ4v) is 4.32. The van der Waals surface area contributed by atoms with E-state index in [4.69, 9.17) is 4.74 Å². The van der Waals surface area contributed by atoms with Crippen LogP contribution in [0.25, 0.3) is 0 Å². The van der Waals surface area contributed by atoms with Gasteiger partial charge in [-0.15, -0.1) is 11.3 Å².